The van der Waals surface area contributed by atoms with Gasteiger partial charge in [-0.2, -0.15) is 0 Å². The SMILES string of the molecule is CC(C)(C)C(=O)CN1C(=O)NC(C)(c2cccc3ccccc23)C1=O. The lowest BCUT2D eigenvalue weighted by atomic mass is 9.87. The van der Waals surface area contributed by atoms with Gasteiger partial charge in [0.1, 0.15) is 5.54 Å². The molecule has 1 unspecified atom stereocenters. The fraction of sp³-hybridized carbons (Fsp3) is 0.350. The number of nitrogens with zero attached hydrogens (tertiary/aromatic N) is 1. The van der Waals surface area contributed by atoms with Crippen molar-refractivity contribution >= 4 is 28.5 Å². The first kappa shape index (κ1) is 17.1. The summed E-state index contributed by atoms with van der Waals surface area (Å²) in [6, 6.07) is 12.9. The van der Waals surface area contributed by atoms with E-state index in [1.54, 1.807) is 27.7 Å². The van der Waals surface area contributed by atoms with Gasteiger partial charge in [0.15, 0.2) is 5.78 Å². The molecule has 1 N–H and O–H groups in total. The molecule has 0 aromatic heterocycles. The highest BCUT2D eigenvalue weighted by atomic mass is 16.2. The van der Waals surface area contributed by atoms with E-state index in [1.807, 2.05) is 42.5 Å². The number of urea groups is 1. The minimum absolute atomic E-state index is 0.154. The van der Waals surface area contributed by atoms with E-state index >= 15 is 0 Å². The number of hydrogen-bond acceptors (Lipinski definition) is 3. The highest BCUT2D eigenvalue weighted by Crippen LogP contribution is 2.34. The summed E-state index contributed by atoms with van der Waals surface area (Å²) in [6.45, 7) is 6.80. The highest BCUT2D eigenvalue weighted by Gasteiger charge is 2.50. The first-order chi connectivity index (χ1) is 11.6. The molecule has 130 valence electrons. The van der Waals surface area contributed by atoms with Crippen LogP contribution in [0, 0.1) is 5.41 Å². The van der Waals surface area contributed by atoms with Gasteiger partial charge in [0.05, 0.1) is 6.54 Å². The molecule has 25 heavy (non-hydrogen) atoms. The number of benzene rings is 2. The third kappa shape index (κ3) is 2.80. The van der Waals surface area contributed by atoms with E-state index in [-0.39, 0.29) is 12.3 Å². The molecule has 1 fully saturated rings. The minimum atomic E-state index is -1.18. The number of carbonyl (C=O) groups is 3. The quantitative estimate of drug-likeness (QED) is 0.874. The predicted octanol–water partition coefficient (Wildman–Crippen LogP) is 3.22. The van der Waals surface area contributed by atoms with E-state index < -0.39 is 22.9 Å². The summed E-state index contributed by atoms with van der Waals surface area (Å²) < 4.78 is 0. The molecule has 0 bridgehead atoms. The lowest BCUT2D eigenvalue weighted by molar-refractivity contribution is -0.136. The fourth-order valence-electron chi connectivity index (χ4n) is 3.07. The van der Waals surface area contributed by atoms with Gasteiger partial charge in [0, 0.05) is 5.41 Å². The van der Waals surface area contributed by atoms with Crippen LogP contribution in [0.1, 0.15) is 33.3 Å². The Labute approximate surface area is 147 Å². The number of imide groups is 1. The molecule has 2 aromatic carbocycles. The van der Waals surface area contributed by atoms with E-state index in [0.29, 0.717) is 0 Å². The molecule has 5 heteroatoms. The summed E-state index contributed by atoms with van der Waals surface area (Å²) in [6.07, 6.45) is 0. The van der Waals surface area contributed by atoms with Crippen LogP contribution in [-0.2, 0) is 15.1 Å². The third-order valence-electron chi connectivity index (χ3n) is 4.74. The van der Waals surface area contributed by atoms with Gasteiger partial charge in [-0.1, -0.05) is 63.2 Å². The van der Waals surface area contributed by atoms with Crippen molar-refractivity contribution in [2.75, 3.05) is 6.54 Å². The molecule has 1 heterocycles. The van der Waals surface area contributed by atoms with Crippen LogP contribution in [0.5, 0.6) is 0 Å². The van der Waals surface area contributed by atoms with Crippen molar-refractivity contribution in [3.8, 4) is 0 Å². The third-order valence-corrected chi connectivity index (χ3v) is 4.74. The lowest BCUT2D eigenvalue weighted by Crippen LogP contribution is -2.42. The Hall–Kier alpha value is -2.69. The molecule has 0 spiro atoms. The molecule has 3 amide bonds. The van der Waals surface area contributed by atoms with Crippen LogP contribution in [0.2, 0.25) is 0 Å². The van der Waals surface area contributed by atoms with Crippen molar-refractivity contribution in [3.05, 3.63) is 48.0 Å². The molecule has 2 aromatic rings. The van der Waals surface area contributed by atoms with Gasteiger partial charge in [-0.3, -0.25) is 14.5 Å². The number of rotatable bonds is 3. The maximum atomic E-state index is 13.0. The standard InChI is InChI=1S/C20H22N2O3/c1-19(2,3)16(23)12-22-17(24)20(4,21-18(22)25)15-11-7-9-13-8-5-6-10-14(13)15/h5-11H,12H2,1-4H3,(H,21,25). The monoisotopic (exact) mass is 338 g/mol. The molecule has 5 nitrogen and oxygen atoms in total. The largest absolute Gasteiger partial charge is 0.325 e. The molecule has 1 aliphatic heterocycles. The molecule has 0 saturated carbocycles. The first-order valence-electron chi connectivity index (χ1n) is 8.30. The zero-order valence-corrected chi connectivity index (χ0v) is 14.9. The van der Waals surface area contributed by atoms with E-state index in [0.717, 1.165) is 21.2 Å². The van der Waals surface area contributed by atoms with E-state index in [4.69, 9.17) is 0 Å². The van der Waals surface area contributed by atoms with Crippen LogP contribution in [0.3, 0.4) is 0 Å². The molecular formula is C20H22N2O3. The zero-order valence-electron chi connectivity index (χ0n) is 14.9. The average Bonchev–Trinajstić information content (AvgIpc) is 2.77. The summed E-state index contributed by atoms with van der Waals surface area (Å²) in [5, 5.41) is 4.68. The van der Waals surface area contributed by atoms with Gasteiger partial charge < -0.3 is 5.32 Å². The van der Waals surface area contributed by atoms with Gasteiger partial charge in [-0.15, -0.1) is 0 Å². The molecular weight excluding hydrogens is 316 g/mol. The topological polar surface area (TPSA) is 66.5 Å². The molecule has 3 rings (SSSR count). The Bertz CT molecular complexity index is 877. The summed E-state index contributed by atoms with van der Waals surface area (Å²) in [7, 11) is 0. The smallest absolute Gasteiger partial charge is 0.319 e. The van der Waals surface area contributed by atoms with Crippen LogP contribution < -0.4 is 5.32 Å². The maximum absolute atomic E-state index is 13.0. The summed E-state index contributed by atoms with van der Waals surface area (Å²) in [4.78, 5) is 38.8. The van der Waals surface area contributed by atoms with Crippen LogP contribution in [0.25, 0.3) is 10.8 Å². The Balaban J connectivity index is 2.01. The zero-order chi connectivity index (χ0) is 18.4. The fourth-order valence-corrected chi connectivity index (χ4v) is 3.07. The van der Waals surface area contributed by atoms with Crippen molar-refractivity contribution < 1.29 is 14.4 Å². The van der Waals surface area contributed by atoms with Crippen LogP contribution in [-0.4, -0.2) is 29.2 Å². The minimum Gasteiger partial charge on any atom is -0.319 e. The number of hydrogen-bond donors (Lipinski definition) is 1. The van der Waals surface area contributed by atoms with Gasteiger partial charge in [-0.25, -0.2) is 4.79 Å². The molecule has 0 aliphatic carbocycles. The molecule has 1 aliphatic rings. The maximum Gasteiger partial charge on any atom is 0.325 e. The Morgan fingerprint density at radius 1 is 1.08 bits per heavy atom. The van der Waals surface area contributed by atoms with Crippen molar-refractivity contribution in [2.24, 2.45) is 5.41 Å². The highest BCUT2D eigenvalue weighted by molar-refractivity contribution is 6.11. The van der Waals surface area contributed by atoms with Crippen LogP contribution >= 0.6 is 0 Å². The summed E-state index contributed by atoms with van der Waals surface area (Å²) in [5.41, 5.74) is -1.07. The summed E-state index contributed by atoms with van der Waals surface area (Å²) in [5.74, 6) is -0.551. The second-order valence-corrected chi connectivity index (χ2v) is 7.65. The summed E-state index contributed by atoms with van der Waals surface area (Å²) >= 11 is 0. The normalized spacial score (nSPS) is 20.9. The number of amides is 3. The number of fused-ring (bicyclic) bond motifs is 1. The van der Waals surface area contributed by atoms with Crippen LogP contribution in [0.15, 0.2) is 42.5 Å². The van der Waals surface area contributed by atoms with E-state index in [1.165, 1.54) is 0 Å². The lowest BCUT2D eigenvalue weighted by Gasteiger charge is -2.24. The van der Waals surface area contributed by atoms with Crippen LogP contribution in [0.4, 0.5) is 4.79 Å². The second kappa shape index (κ2) is 5.69. The molecule has 0 radical (unpaired) electrons. The number of ketones is 1. The van der Waals surface area contributed by atoms with Gasteiger partial charge in [0.25, 0.3) is 5.91 Å². The number of carbonyl (C=O) groups excluding carboxylic acids is 3. The number of nitrogens with one attached hydrogen (secondary N) is 1. The Morgan fingerprint density at radius 3 is 2.40 bits per heavy atom. The van der Waals surface area contributed by atoms with Crippen molar-refractivity contribution in [2.45, 2.75) is 33.2 Å². The van der Waals surface area contributed by atoms with E-state index in [2.05, 4.69) is 5.32 Å². The van der Waals surface area contributed by atoms with Crippen molar-refractivity contribution in [3.63, 3.8) is 0 Å². The van der Waals surface area contributed by atoms with Crippen molar-refractivity contribution in [1.29, 1.82) is 0 Å². The van der Waals surface area contributed by atoms with E-state index in [9.17, 15) is 14.4 Å². The molecule has 1 atom stereocenters. The van der Waals surface area contributed by atoms with Gasteiger partial charge in [0.2, 0.25) is 0 Å². The average molecular weight is 338 g/mol. The first-order valence-corrected chi connectivity index (χ1v) is 8.30. The van der Waals surface area contributed by atoms with Gasteiger partial charge in [-0.05, 0) is 23.3 Å². The molecule has 1 saturated heterocycles. The number of Topliss-reactive ketones (excluding diaryl/α,β-unsaturated/α-hetero) is 1. The Morgan fingerprint density at radius 2 is 1.72 bits per heavy atom. The van der Waals surface area contributed by atoms with Crippen molar-refractivity contribution in [1.82, 2.24) is 10.2 Å². The second-order valence-electron chi connectivity index (χ2n) is 7.65. The Kier molecular flexibility index (Phi) is 3.90. The predicted molar refractivity (Wildman–Crippen MR) is 96.0 cm³/mol. The van der Waals surface area contributed by atoms with Gasteiger partial charge >= 0.3 is 6.03 Å².